The van der Waals surface area contributed by atoms with E-state index in [9.17, 15) is 13.2 Å². The van der Waals surface area contributed by atoms with E-state index in [1.54, 1.807) is 0 Å². The van der Waals surface area contributed by atoms with E-state index in [0.29, 0.717) is 12.6 Å². The quantitative estimate of drug-likeness (QED) is 0.725. The first-order valence-corrected chi connectivity index (χ1v) is 10.4. The van der Waals surface area contributed by atoms with Crippen LogP contribution in [0.25, 0.3) is 0 Å². The summed E-state index contributed by atoms with van der Waals surface area (Å²) in [6.07, 6.45) is 10.7. The molecule has 0 saturated carbocycles. The topological polar surface area (TPSA) is 54.5 Å². The second-order valence-electron chi connectivity index (χ2n) is 7.07. The predicted molar refractivity (Wildman–Crippen MR) is 90.0 cm³/mol. The van der Waals surface area contributed by atoms with E-state index in [0.717, 1.165) is 41.9 Å². The summed E-state index contributed by atoms with van der Waals surface area (Å²) in [6, 6.07) is 0.572. The predicted octanol–water partition coefficient (Wildman–Crippen LogP) is 2.21. The van der Waals surface area contributed by atoms with Gasteiger partial charge in [0, 0.05) is 29.9 Å². The van der Waals surface area contributed by atoms with Crippen LogP contribution in [0.4, 0.5) is 0 Å². The van der Waals surface area contributed by atoms with Crippen LogP contribution in [0.1, 0.15) is 25.7 Å². The molecule has 5 atom stereocenters. The van der Waals surface area contributed by atoms with Gasteiger partial charge in [0.25, 0.3) is 0 Å². The van der Waals surface area contributed by atoms with Crippen molar-refractivity contribution in [1.82, 2.24) is 4.90 Å². The number of piperidine rings is 2. The van der Waals surface area contributed by atoms with E-state index in [1.165, 1.54) is 6.26 Å². The van der Waals surface area contributed by atoms with E-state index in [1.807, 2.05) is 18.2 Å². The fourth-order valence-corrected chi connectivity index (χ4v) is 5.87. The highest BCUT2D eigenvalue weighted by molar-refractivity contribution is 7.92. The number of allylic oxidation sites excluding steroid dienone is 5. The fraction of sp³-hybridized carbons (Fsp3) is 0.588. The molecule has 23 heavy (non-hydrogen) atoms. The molecule has 4 bridgehead atoms. The number of rotatable bonds is 1. The SMILES string of the molecule is CS(=O)(=O)C1CN2C3CCC2C(C1=O)/C(=C1/C=CC(Cl)=CC1)C3. The summed E-state index contributed by atoms with van der Waals surface area (Å²) in [6.45, 7) is 0.383. The fourth-order valence-electron chi connectivity index (χ4n) is 4.72. The Bertz CT molecular complexity index is 765. The summed E-state index contributed by atoms with van der Waals surface area (Å²) in [5.41, 5.74) is 2.31. The van der Waals surface area contributed by atoms with Crippen LogP contribution in [0.3, 0.4) is 0 Å². The average molecular weight is 354 g/mol. The highest BCUT2D eigenvalue weighted by Crippen LogP contribution is 2.48. The summed E-state index contributed by atoms with van der Waals surface area (Å²) >= 11 is 6.00. The molecule has 3 saturated heterocycles. The van der Waals surface area contributed by atoms with Crippen molar-refractivity contribution in [3.8, 4) is 0 Å². The zero-order valence-electron chi connectivity index (χ0n) is 13.0. The number of hydrogen-bond acceptors (Lipinski definition) is 4. The number of halogens is 1. The molecule has 4 aliphatic rings. The van der Waals surface area contributed by atoms with Crippen LogP contribution in [0.15, 0.2) is 34.4 Å². The first kappa shape index (κ1) is 15.6. The largest absolute Gasteiger partial charge is 0.297 e. The first-order valence-electron chi connectivity index (χ1n) is 8.10. The number of carbonyl (C=O) groups excluding carboxylic acids is 1. The maximum atomic E-state index is 13.0. The van der Waals surface area contributed by atoms with Gasteiger partial charge in [0.05, 0.1) is 5.92 Å². The number of Topliss-reactive ketones (excluding diaryl/α,β-unsaturated/α-hetero) is 1. The average Bonchev–Trinajstić information content (AvgIpc) is 2.75. The maximum Gasteiger partial charge on any atom is 0.160 e. The van der Waals surface area contributed by atoms with Crippen molar-refractivity contribution >= 4 is 27.2 Å². The molecule has 0 spiro atoms. The van der Waals surface area contributed by atoms with Gasteiger partial charge < -0.3 is 0 Å². The van der Waals surface area contributed by atoms with E-state index in [-0.39, 0.29) is 17.7 Å². The summed E-state index contributed by atoms with van der Waals surface area (Å²) in [4.78, 5) is 15.3. The second-order valence-corrected chi connectivity index (χ2v) is 9.74. The van der Waals surface area contributed by atoms with Crippen LogP contribution in [-0.4, -0.2) is 49.2 Å². The van der Waals surface area contributed by atoms with Gasteiger partial charge in [-0.3, -0.25) is 9.69 Å². The molecular weight excluding hydrogens is 334 g/mol. The monoisotopic (exact) mass is 353 g/mol. The van der Waals surface area contributed by atoms with Gasteiger partial charge in [-0.25, -0.2) is 8.42 Å². The molecule has 4 nitrogen and oxygen atoms in total. The molecule has 6 heteroatoms. The van der Waals surface area contributed by atoms with Gasteiger partial charge in [-0.1, -0.05) is 29.3 Å². The molecule has 3 aliphatic heterocycles. The lowest BCUT2D eigenvalue weighted by Crippen LogP contribution is -2.61. The van der Waals surface area contributed by atoms with Crippen molar-refractivity contribution in [2.75, 3.05) is 12.8 Å². The lowest BCUT2D eigenvalue weighted by atomic mass is 9.75. The highest BCUT2D eigenvalue weighted by Gasteiger charge is 2.55. The molecule has 0 aromatic rings. The van der Waals surface area contributed by atoms with Crippen molar-refractivity contribution in [2.45, 2.75) is 43.0 Å². The summed E-state index contributed by atoms with van der Waals surface area (Å²) < 4.78 is 24.2. The van der Waals surface area contributed by atoms with Gasteiger partial charge in [-0.05, 0) is 37.3 Å². The number of sulfone groups is 1. The number of hydrogen-bond donors (Lipinski definition) is 0. The lowest BCUT2D eigenvalue weighted by molar-refractivity contribution is -0.127. The van der Waals surface area contributed by atoms with Crippen LogP contribution in [0.5, 0.6) is 0 Å². The smallest absolute Gasteiger partial charge is 0.160 e. The Kier molecular flexibility index (Phi) is 3.59. The van der Waals surface area contributed by atoms with Crippen molar-refractivity contribution < 1.29 is 13.2 Å². The Balaban J connectivity index is 1.79. The molecule has 1 aliphatic carbocycles. The van der Waals surface area contributed by atoms with Crippen LogP contribution >= 0.6 is 11.6 Å². The van der Waals surface area contributed by atoms with Crippen LogP contribution in [0, 0.1) is 5.92 Å². The van der Waals surface area contributed by atoms with Crippen molar-refractivity contribution in [1.29, 1.82) is 0 Å². The summed E-state index contributed by atoms with van der Waals surface area (Å²) in [7, 11) is -3.36. The van der Waals surface area contributed by atoms with Crippen LogP contribution in [0.2, 0.25) is 0 Å². The Hall–Kier alpha value is -0.910. The van der Waals surface area contributed by atoms with Gasteiger partial charge in [-0.2, -0.15) is 0 Å². The minimum Gasteiger partial charge on any atom is -0.297 e. The van der Waals surface area contributed by atoms with Gasteiger partial charge >= 0.3 is 0 Å². The van der Waals surface area contributed by atoms with Crippen LogP contribution < -0.4 is 0 Å². The zero-order chi connectivity index (χ0) is 16.4. The molecule has 0 radical (unpaired) electrons. The Morgan fingerprint density at radius 3 is 2.70 bits per heavy atom. The third-order valence-electron chi connectivity index (χ3n) is 5.80. The van der Waals surface area contributed by atoms with Crippen LogP contribution in [-0.2, 0) is 14.6 Å². The Morgan fingerprint density at radius 2 is 2.04 bits per heavy atom. The third-order valence-corrected chi connectivity index (χ3v) is 7.49. The highest BCUT2D eigenvalue weighted by atomic mass is 35.5. The van der Waals surface area contributed by atoms with Crippen molar-refractivity contribution in [3.63, 3.8) is 0 Å². The molecular formula is C17H20ClNO3S. The van der Waals surface area contributed by atoms with Gasteiger partial charge in [0.15, 0.2) is 15.6 Å². The second kappa shape index (κ2) is 5.30. The molecule has 0 aromatic heterocycles. The molecule has 3 fully saturated rings. The minimum absolute atomic E-state index is 0.0920. The standard InChI is InChI=1S/C17H20ClNO3S/c1-23(21,22)15-9-19-12-6-7-14(19)16(17(15)20)13(8-12)10-2-4-11(18)5-3-10/h2,4-5,12,14-16H,3,6-9H2,1H3/b13-10-. The van der Waals surface area contributed by atoms with Gasteiger partial charge in [0.1, 0.15) is 5.25 Å². The summed E-state index contributed by atoms with van der Waals surface area (Å²) in [5.74, 6) is -0.349. The number of ketones is 1. The molecule has 3 heterocycles. The van der Waals surface area contributed by atoms with Crippen molar-refractivity contribution in [3.05, 3.63) is 34.4 Å². The molecule has 124 valence electrons. The molecule has 0 amide bonds. The first-order chi connectivity index (χ1) is 10.9. The van der Waals surface area contributed by atoms with E-state index in [2.05, 4.69) is 4.90 Å². The third kappa shape index (κ3) is 2.44. The normalized spacial score (nSPS) is 42.8. The summed E-state index contributed by atoms with van der Waals surface area (Å²) in [5, 5.41) is -0.148. The Labute approximate surface area is 141 Å². The van der Waals surface area contributed by atoms with E-state index < -0.39 is 15.1 Å². The minimum atomic E-state index is -3.36. The van der Waals surface area contributed by atoms with E-state index >= 15 is 0 Å². The van der Waals surface area contributed by atoms with Crippen molar-refractivity contribution in [2.24, 2.45) is 5.92 Å². The van der Waals surface area contributed by atoms with Gasteiger partial charge in [-0.15, -0.1) is 0 Å². The lowest BCUT2D eigenvalue weighted by Gasteiger charge is -2.47. The molecule has 0 aromatic carbocycles. The van der Waals surface area contributed by atoms with Gasteiger partial charge in [0.2, 0.25) is 0 Å². The number of nitrogens with zero attached hydrogens (tertiary/aromatic N) is 1. The molecule has 5 unspecified atom stereocenters. The Morgan fingerprint density at radius 1 is 1.26 bits per heavy atom. The zero-order valence-corrected chi connectivity index (χ0v) is 14.6. The number of carbonyl (C=O) groups is 1. The molecule has 4 rings (SSSR count). The molecule has 0 N–H and O–H groups in total. The van der Waals surface area contributed by atoms with E-state index in [4.69, 9.17) is 11.6 Å². The maximum absolute atomic E-state index is 13.0.